The molecule has 1 fully saturated rings. The van der Waals surface area contributed by atoms with Crippen LogP contribution in [0, 0.1) is 13.8 Å². The highest BCUT2D eigenvalue weighted by molar-refractivity contribution is 7.80. The van der Waals surface area contributed by atoms with Crippen LogP contribution in [0.15, 0.2) is 42.5 Å². The Morgan fingerprint density at radius 2 is 1.75 bits per heavy atom. The minimum absolute atomic E-state index is 0.300. The van der Waals surface area contributed by atoms with E-state index in [1.165, 1.54) is 21.6 Å². The van der Waals surface area contributed by atoms with Gasteiger partial charge in [0.05, 0.1) is 26.9 Å². The van der Waals surface area contributed by atoms with E-state index in [0.29, 0.717) is 11.2 Å². The second-order valence-electron chi connectivity index (χ2n) is 7.31. The highest BCUT2D eigenvalue weighted by Crippen LogP contribution is 2.17. The maximum absolute atomic E-state index is 5.56. The number of hydrogen-bond acceptors (Lipinski definition) is 3. The Labute approximate surface area is 173 Å². The van der Waals surface area contributed by atoms with Crippen molar-refractivity contribution < 1.29 is 14.4 Å². The molecule has 3 N–H and O–H groups in total. The summed E-state index contributed by atoms with van der Waals surface area (Å²) < 4.78 is 10.9. The number of rotatable bonds is 6. The monoisotopic (exact) mass is 400 g/mol. The molecule has 0 radical (unpaired) electrons. The van der Waals surface area contributed by atoms with Crippen LogP contribution in [0.5, 0.6) is 5.75 Å². The van der Waals surface area contributed by atoms with Gasteiger partial charge >= 0.3 is 0 Å². The van der Waals surface area contributed by atoms with Crippen LogP contribution < -0.4 is 20.3 Å². The quantitative estimate of drug-likeness (QED) is 0.650. The molecule has 150 valence electrons. The summed E-state index contributed by atoms with van der Waals surface area (Å²) in [6.45, 7) is 8.54. The van der Waals surface area contributed by atoms with Gasteiger partial charge in [-0.15, -0.1) is 0 Å². The summed E-state index contributed by atoms with van der Waals surface area (Å²) in [6.07, 6.45) is 0. The van der Waals surface area contributed by atoms with E-state index in [1.54, 1.807) is 7.11 Å². The van der Waals surface area contributed by atoms with Gasteiger partial charge in [-0.05, 0) is 73.6 Å². The molecule has 0 bridgehead atoms. The van der Waals surface area contributed by atoms with Crippen LogP contribution in [0.1, 0.15) is 22.7 Å². The fourth-order valence-corrected chi connectivity index (χ4v) is 3.93. The number of hydrogen-bond donors (Lipinski definition) is 3. The summed E-state index contributed by atoms with van der Waals surface area (Å²) in [5, 5.41) is 7.39. The molecule has 1 atom stereocenters. The van der Waals surface area contributed by atoms with Crippen molar-refractivity contribution in [1.29, 1.82) is 0 Å². The lowest BCUT2D eigenvalue weighted by Crippen LogP contribution is -3.15. The van der Waals surface area contributed by atoms with E-state index in [9.17, 15) is 0 Å². The molecule has 0 unspecified atom stereocenters. The SMILES string of the molecule is COc1ccc([C@@H](CNC(=S)Nc2cc(C)cc(C)c2)[NH+]2CCOCC2)cc1. The van der Waals surface area contributed by atoms with Gasteiger partial charge in [0.2, 0.25) is 0 Å². The Hall–Kier alpha value is -2.15. The van der Waals surface area contributed by atoms with Crippen molar-refractivity contribution in [3.05, 3.63) is 59.2 Å². The molecule has 3 rings (SSSR count). The first kappa shape index (κ1) is 20.6. The molecule has 1 aliphatic heterocycles. The third kappa shape index (κ3) is 5.67. The van der Waals surface area contributed by atoms with E-state index < -0.39 is 0 Å². The van der Waals surface area contributed by atoms with Crippen molar-refractivity contribution in [2.24, 2.45) is 0 Å². The molecular formula is C22H30N3O2S+. The average Bonchev–Trinajstić information content (AvgIpc) is 2.68. The van der Waals surface area contributed by atoms with Gasteiger partial charge in [-0.25, -0.2) is 0 Å². The number of anilines is 1. The Balaban J connectivity index is 1.67. The maximum Gasteiger partial charge on any atom is 0.171 e. The average molecular weight is 401 g/mol. The molecule has 2 aromatic rings. The number of methoxy groups -OCH3 is 1. The van der Waals surface area contributed by atoms with Gasteiger partial charge in [0.1, 0.15) is 24.9 Å². The molecule has 0 spiro atoms. The number of aryl methyl sites for hydroxylation is 2. The van der Waals surface area contributed by atoms with Gasteiger partial charge in [-0.1, -0.05) is 6.07 Å². The number of benzene rings is 2. The van der Waals surface area contributed by atoms with Crippen molar-refractivity contribution in [3.63, 3.8) is 0 Å². The normalized spacial score (nSPS) is 15.7. The summed E-state index contributed by atoms with van der Waals surface area (Å²) in [7, 11) is 1.69. The topological polar surface area (TPSA) is 47.0 Å². The molecule has 5 nitrogen and oxygen atoms in total. The van der Waals surface area contributed by atoms with Crippen molar-refractivity contribution in [2.45, 2.75) is 19.9 Å². The van der Waals surface area contributed by atoms with Crippen LogP contribution in [-0.4, -0.2) is 45.1 Å². The second kappa shape index (κ2) is 9.87. The van der Waals surface area contributed by atoms with Crippen molar-refractivity contribution in [2.75, 3.05) is 45.3 Å². The van der Waals surface area contributed by atoms with Gasteiger partial charge in [0.25, 0.3) is 0 Å². The standard InChI is InChI=1S/C22H29N3O2S/c1-16-12-17(2)14-19(13-16)24-22(28)23-15-21(25-8-10-27-11-9-25)18-4-6-20(26-3)7-5-18/h4-7,12-14,21H,8-11,15H2,1-3H3,(H2,23,24,28)/p+1/t21-/m1/s1. The first-order valence-electron chi connectivity index (χ1n) is 9.74. The van der Waals surface area contributed by atoms with Crippen LogP contribution in [-0.2, 0) is 4.74 Å². The Bertz CT molecular complexity index is 769. The molecule has 1 heterocycles. The molecule has 0 aromatic heterocycles. The fraction of sp³-hybridized carbons (Fsp3) is 0.409. The smallest absolute Gasteiger partial charge is 0.171 e. The first-order chi connectivity index (χ1) is 13.5. The fourth-order valence-electron chi connectivity index (χ4n) is 3.73. The third-order valence-electron chi connectivity index (χ3n) is 5.09. The first-order valence-corrected chi connectivity index (χ1v) is 10.2. The minimum Gasteiger partial charge on any atom is -0.497 e. The predicted octanol–water partition coefficient (Wildman–Crippen LogP) is 2.25. The second-order valence-corrected chi connectivity index (χ2v) is 7.72. The number of morpholine rings is 1. The molecule has 6 heteroatoms. The van der Waals surface area contributed by atoms with Crippen molar-refractivity contribution in [1.82, 2.24) is 5.32 Å². The maximum atomic E-state index is 5.56. The molecule has 1 saturated heterocycles. The van der Waals surface area contributed by atoms with E-state index in [-0.39, 0.29) is 0 Å². The van der Waals surface area contributed by atoms with E-state index >= 15 is 0 Å². The van der Waals surface area contributed by atoms with E-state index in [1.807, 2.05) is 12.1 Å². The number of nitrogens with one attached hydrogen (secondary N) is 3. The highest BCUT2D eigenvalue weighted by Gasteiger charge is 2.26. The van der Waals surface area contributed by atoms with Gasteiger partial charge < -0.3 is 25.0 Å². The van der Waals surface area contributed by atoms with Gasteiger partial charge in [0.15, 0.2) is 5.11 Å². The molecule has 1 aliphatic rings. The summed E-state index contributed by atoms with van der Waals surface area (Å²) in [4.78, 5) is 1.51. The number of thiocarbonyl (C=S) groups is 1. The number of quaternary nitrogens is 1. The molecule has 2 aromatic carbocycles. The van der Waals surface area contributed by atoms with Gasteiger partial charge in [-0.3, -0.25) is 0 Å². The van der Waals surface area contributed by atoms with Crippen LogP contribution in [0.4, 0.5) is 5.69 Å². The summed E-state index contributed by atoms with van der Waals surface area (Å²) in [6, 6.07) is 15.0. The lowest BCUT2D eigenvalue weighted by molar-refractivity contribution is -0.937. The summed E-state index contributed by atoms with van der Waals surface area (Å²) in [5.74, 6) is 0.874. The van der Waals surface area contributed by atoms with E-state index in [0.717, 1.165) is 44.3 Å². The summed E-state index contributed by atoms with van der Waals surface area (Å²) >= 11 is 5.56. The van der Waals surface area contributed by atoms with Crippen LogP contribution in [0.25, 0.3) is 0 Å². The molecule has 0 amide bonds. The lowest BCUT2D eigenvalue weighted by atomic mass is 10.0. The van der Waals surface area contributed by atoms with Gasteiger partial charge in [0, 0.05) is 11.3 Å². The van der Waals surface area contributed by atoms with E-state index in [4.69, 9.17) is 21.7 Å². The Morgan fingerprint density at radius 1 is 1.11 bits per heavy atom. The third-order valence-corrected chi connectivity index (χ3v) is 5.34. The molecule has 28 heavy (non-hydrogen) atoms. The minimum atomic E-state index is 0.300. The Morgan fingerprint density at radius 3 is 2.36 bits per heavy atom. The summed E-state index contributed by atoms with van der Waals surface area (Å²) in [5.41, 5.74) is 4.74. The van der Waals surface area contributed by atoms with Crippen molar-refractivity contribution >= 4 is 23.0 Å². The van der Waals surface area contributed by atoms with E-state index in [2.05, 4.69) is 54.8 Å². The van der Waals surface area contributed by atoms with Crippen molar-refractivity contribution in [3.8, 4) is 5.75 Å². The zero-order chi connectivity index (χ0) is 19.9. The highest BCUT2D eigenvalue weighted by atomic mass is 32.1. The predicted molar refractivity (Wildman–Crippen MR) is 117 cm³/mol. The zero-order valence-electron chi connectivity index (χ0n) is 16.9. The lowest BCUT2D eigenvalue weighted by Gasteiger charge is -2.32. The molecule has 0 aliphatic carbocycles. The van der Waals surface area contributed by atoms with Crippen LogP contribution >= 0.6 is 12.2 Å². The van der Waals surface area contributed by atoms with Crippen LogP contribution in [0.2, 0.25) is 0 Å². The van der Waals surface area contributed by atoms with Gasteiger partial charge in [-0.2, -0.15) is 0 Å². The molecule has 0 saturated carbocycles. The van der Waals surface area contributed by atoms with Crippen LogP contribution in [0.3, 0.4) is 0 Å². The zero-order valence-corrected chi connectivity index (χ0v) is 17.7. The Kier molecular flexibility index (Phi) is 7.25. The number of ether oxygens (including phenoxy) is 2. The largest absolute Gasteiger partial charge is 0.497 e. The molecular weight excluding hydrogens is 370 g/mol.